The molecular weight excluding hydrogens is 268 g/mol. The lowest BCUT2D eigenvalue weighted by atomic mass is 10.1. The van der Waals surface area contributed by atoms with Gasteiger partial charge in [0, 0.05) is 0 Å². The van der Waals surface area contributed by atoms with Crippen molar-refractivity contribution < 1.29 is 14.3 Å². The molecule has 1 aromatic carbocycles. The number of nitrogens with two attached hydrogens (primary N) is 1. The highest BCUT2D eigenvalue weighted by Gasteiger charge is 2.58. The van der Waals surface area contributed by atoms with Crippen LogP contribution in [0.4, 0.5) is 0 Å². The number of benzene rings is 1. The second-order valence-electron chi connectivity index (χ2n) is 5.25. The maximum absolute atomic E-state index is 12.0. The minimum Gasteiger partial charge on any atom is -0.495 e. The van der Waals surface area contributed by atoms with Crippen LogP contribution in [-0.2, 0) is 16.1 Å². The monoisotopic (exact) mass is 284 g/mol. The Balaban J connectivity index is 1.83. The summed E-state index contributed by atoms with van der Waals surface area (Å²) in [5, 5.41) is 0. The third-order valence-corrected chi connectivity index (χ3v) is 3.89. The number of rotatable bonds is 3. The van der Waals surface area contributed by atoms with Crippen molar-refractivity contribution in [2.45, 2.75) is 13.0 Å². The molecule has 5 heteroatoms. The Kier molecular flexibility index (Phi) is 3.40. The van der Waals surface area contributed by atoms with Crippen molar-refractivity contribution >= 4 is 11.8 Å². The molecule has 0 radical (unpaired) electrons. The number of carbonyl (C=O) groups is 2. The van der Waals surface area contributed by atoms with Gasteiger partial charge in [0.15, 0.2) is 0 Å². The van der Waals surface area contributed by atoms with Crippen LogP contribution in [0.1, 0.15) is 17.5 Å². The summed E-state index contributed by atoms with van der Waals surface area (Å²) in [6, 6.07) is 5.48. The van der Waals surface area contributed by atoms with Crippen LogP contribution >= 0.6 is 0 Å². The van der Waals surface area contributed by atoms with E-state index in [1.54, 1.807) is 13.2 Å². The standard InChI is InChI=1S/C16H16N2O3/c1-21-14-5-4-10(7-11(14)3-2-6-17)9-18-15(19)12-8-13(12)16(18)20/h4-5,7,12-13H,6,8-9,17H2,1H3. The van der Waals surface area contributed by atoms with Crippen molar-refractivity contribution in [1.29, 1.82) is 0 Å². The molecule has 1 aliphatic carbocycles. The molecule has 1 aromatic rings. The molecule has 1 heterocycles. The zero-order valence-electron chi connectivity index (χ0n) is 11.8. The maximum Gasteiger partial charge on any atom is 0.233 e. The number of fused-ring (bicyclic) bond motifs is 1. The van der Waals surface area contributed by atoms with Gasteiger partial charge in [0.1, 0.15) is 5.75 Å². The molecule has 2 unspecified atom stereocenters. The third kappa shape index (κ3) is 2.39. The first-order valence-corrected chi connectivity index (χ1v) is 6.86. The highest BCUT2D eigenvalue weighted by molar-refractivity contribution is 6.08. The molecule has 2 amide bonds. The zero-order chi connectivity index (χ0) is 15.0. The van der Waals surface area contributed by atoms with E-state index in [-0.39, 0.29) is 30.2 Å². The fraction of sp³-hybridized carbons (Fsp3) is 0.375. The van der Waals surface area contributed by atoms with Crippen LogP contribution < -0.4 is 10.5 Å². The number of carbonyl (C=O) groups excluding carboxylic acids is 2. The van der Waals surface area contributed by atoms with Gasteiger partial charge in [0.25, 0.3) is 0 Å². The minimum absolute atomic E-state index is 0.0459. The van der Waals surface area contributed by atoms with Crippen molar-refractivity contribution in [3.8, 4) is 17.6 Å². The maximum atomic E-state index is 12.0. The molecule has 1 saturated carbocycles. The average Bonchev–Trinajstić information content (AvgIpc) is 3.25. The van der Waals surface area contributed by atoms with Crippen molar-refractivity contribution in [2.24, 2.45) is 17.6 Å². The first-order chi connectivity index (χ1) is 10.2. The molecule has 1 aliphatic heterocycles. The lowest BCUT2D eigenvalue weighted by Gasteiger charge is -2.17. The Morgan fingerprint density at radius 1 is 1.33 bits per heavy atom. The Hall–Kier alpha value is -2.32. The molecule has 0 spiro atoms. The van der Waals surface area contributed by atoms with Crippen LogP contribution in [0.2, 0.25) is 0 Å². The average molecular weight is 284 g/mol. The van der Waals surface area contributed by atoms with E-state index in [1.807, 2.05) is 12.1 Å². The summed E-state index contributed by atoms with van der Waals surface area (Å²) in [7, 11) is 1.57. The molecule has 21 heavy (non-hydrogen) atoms. The molecular formula is C16H16N2O3. The van der Waals surface area contributed by atoms with Crippen LogP contribution in [0, 0.1) is 23.7 Å². The number of nitrogens with zero attached hydrogens (tertiary/aromatic N) is 1. The molecule has 2 aliphatic rings. The Morgan fingerprint density at radius 2 is 2.05 bits per heavy atom. The zero-order valence-corrected chi connectivity index (χ0v) is 11.8. The molecule has 5 nitrogen and oxygen atoms in total. The number of imide groups is 1. The minimum atomic E-state index is -0.0627. The van der Waals surface area contributed by atoms with Crippen LogP contribution in [0.5, 0.6) is 5.75 Å². The quantitative estimate of drug-likeness (QED) is 0.648. The van der Waals surface area contributed by atoms with Gasteiger partial charge < -0.3 is 10.5 Å². The van der Waals surface area contributed by atoms with Crippen LogP contribution in [0.15, 0.2) is 18.2 Å². The van der Waals surface area contributed by atoms with Crippen molar-refractivity contribution in [3.63, 3.8) is 0 Å². The van der Waals surface area contributed by atoms with Crippen molar-refractivity contribution in [2.75, 3.05) is 13.7 Å². The molecule has 108 valence electrons. The van der Waals surface area contributed by atoms with Crippen molar-refractivity contribution in [1.82, 2.24) is 4.90 Å². The van der Waals surface area contributed by atoms with Gasteiger partial charge in [-0.3, -0.25) is 14.5 Å². The Labute approximate surface area is 123 Å². The SMILES string of the molecule is COc1ccc(CN2C(=O)C3CC3C2=O)cc1C#CCN. The summed E-state index contributed by atoms with van der Waals surface area (Å²) < 4.78 is 5.24. The summed E-state index contributed by atoms with van der Waals surface area (Å²) in [6.07, 6.45) is 0.726. The van der Waals surface area contributed by atoms with Gasteiger partial charge in [-0.05, 0) is 24.1 Å². The molecule has 3 rings (SSSR count). The molecule has 1 saturated heterocycles. The lowest BCUT2D eigenvalue weighted by molar-refractivity contribution is -0.142. The van der Waals surface area contributed by atoms with E-state index in [2.05, 4.69) is 11.8 Å². The molecule has 0 bridgehead atoms. The number of hydrogen-bond acceptors (Lipinski definition) is 4. The van der Waals surface area contributed by atoms with Gasteiger partial charge in [-0.15, -0.1) is 0 Å². The number of amides is 2. The first-order valence-electron chi connectivity index (χ1n) is 6.86. The predicted octanol–water partition coefficient (Wildman–Crippen LogP) is 0.510. The van der Waals surface area contributed by atoms with Gasteiger partial charge in [-0.2, -0.15) is 0 Å². The van der Waals surface area contributed by atoms with Gasteiger partial charge in [-0.25, -0.2) is 0 Å². The molecule has 0 aromatic heterocycles. The highest BCUT2D eigenvalue weighted by atomic mass is 16.5. The third-order valence-electron chi connectivity index (χ3n) is 3.89. The van der Waals surface area contributed by atoms with Gasteiger partial charge >= 0.3 is 0 Å². The molecule has 2 N–H and O–H groups in total. The van der Waals surface area contributed by atoms with E-state index >= 15 is 0 Å². The molecule has 2 fully saturated rings. The number of likely N-dealkylation sites (tertiary alicyclic amines) is 1. The fourth-order valence-corrected chi connectivity index (χ4v) is 2.69. The normalized spacial score (nSPS) is 22.7. The number of hydrogen-bond donors (Lipinski definition) is 1. The van der Waals surface area contributed by atoms with Gasteiger partial charge in [0.05, 0.1) is 37.6 Å². The van der Waals surface area contributed by atoms with Crippen LogP contribution in [-0.4, -0.2) is 30.4 Å². The summed E-state index contributed by atoms with van der Waals surface area (Å²) in [6.45, 7) is 0.561. The van der Waals surface area contributed by atoms with Crippen LogP contribution in [0.25, 0.3) is 0 Å². The second kappa shape index (κ2) is 5.23. The van der Waals surface area contributed by atoms with Gasteiger partial charge in [-0.1, -0.05) is 17.9 Å². The summed E-state index contributed by atoms with van der Waals surface area (Å²) >= 11 is 0. The van der Waals surface area contributed by atoms with E-state index in [9.17, 15) is 9.59 Å². The van der Waals surface area contributed by atoms with Gasteiger partial charge in [0.2, 0.25) is 11.8 Å². The molecule has 2 atom stereocenters. The van der Waals surface area contributed by atoms with Crippen LogP contribution in [0.3, 0.4) is 0 Å². The summed E-state index contributed by atoms with van der Waals surface area (Å²) in [5.74, 6) is 6.16. The van der Waals surface area contributed by atoms with E-state index < -0.39 is 0 Å². The van der Waals surface area contributed by atoms with E-state index in [0.717, 1.165) is 12.0 Å². The summed E-state index contributed by atoms with van der Waals surface area (Å²) in [5.41, 5.74) is 6.96. The number of methoxy groups -OCH3 is 1. The second-order valence-corrected chi connectivity index (χ2v) is 5.25. The largest absolute Gasteiger partial charge is 0.495 e. The fourth-order valence-electron chi connectivity index (χ4n) is 2.69. The predicted molar refractivity (Wildman–Crippen MR) is 76.1 cm³/mol. The van der Waals surface area contributed by atoms with E-state index in [4.69, 9.17) is 10.5 Å². The number of piperidine rings is 1. The lowest BCUT2D eigenvalue weighted by Crippen LogP contribution is -2.32. The topological polar surface area (TPSA) is 72.6 Å². The first kappa shape index (κ1) is 13.7. The summed E-state index contributed by atoms with van der Waals surface area (Å²) in [4.78, 5) is 25.3. The van der Waals surface area contributed by atoms with E-state index in [1.165, 1.54) is 4.90 Å². The smallest absolute Gasteiger partial charge is 0.233 e. The van der Waals surface area contributed by atoms with E-state index in [0.29, 0.717) is 17.9 Å². The Bertz CT molecular complexity index is 652. The number of ether oxygens (including phenoxy) is 1. The Morgan fingerprint density at radius 3 is 2.67 bits per heavy atom. The highest BCUT2D eigenvalue weighted by Crippen LogP contribution is 2.47. The van der Waals surface area contributed by atoms with Crippen molar-refractivity contribution in [3.05, 3.63) is 29.3 Å².